The van der Waals surface area contributed by atoms with E-state index < -0.39 is 0 Å². The lowest BCUT2D eigenvalue weighted by atomic mass is 10.1. The van der Waals surface area contributed by atoms with E-state index in [0.717, 1.165) is 0 Å². The van der Waals surface area contributed by atoms with Crippen LogP contribution in [-0.2, 0) is 0 Å². The molecular weight excluding hydrogens is 146 g/mol. The molecule has 0 aromatic carbocycles. The van der Waals surface area contributed by atoms with Crippen molar-refractivity contribution in [3.8, 4) is 0 Å². The van der Waals surface area contributed by atoms with Gasteiger partial charge in [-0.15, -0.1) is 0 Å². The Balaban J connectivity index is 3.07. The quantitative estimate of drug-likeness (QED) is 0.683. The van der Waals surface area contributed by atoms with Gasteiger partial charge in [0.1, 0.15) is 0 Å². The maximum Gasteiger partial charge on any atom is 0.0480 e. The van der Waals surface area contributed by atoms with Crippen molar-refractivity contribution in [3.63, 3.8) is 0 Å². The number of allylic oxidation sites excluding steroid dienone is 3. The smallest absolute Gasteiger partial charge is 0.0480 e. The molecule has 1 rings (SSSR count). The third kappa shape index (κ3) is 1.67. The fourth-order valence-electron chi connectivity index (χ4n) is 1.19. The van der Waals surface area contributed by atoms with E-state index in [4.69, 9.17) is 0 Å². The molecule has 1 aromatic rings. The van der Waals surface area contributed by atoms with Crippen molar-refractivity contribution in [2.75, 3.05) is 0 Å². The Labute approximate surface area is 73.8 Å². The zero-order valence-corrected chi connectivity index (χ0v) is 7.89. The lowest BCUT2D eigenvalue weighted by molar-refractivity contribution is 1.33. The summed E-state index contributed by atoms with van der Waals surface area (Å²) in [7, 11) is 0. The molecule has 0 amide bonds. The van der Waals surface area contributed by atoms with Gasteiger partial charge in [-0.05, 0) is 38.0 Å². The van der Waals surface area contributed by atoms with Gasteiger partial charge in [-0.25, -0.2) is 0 Å². The molecule has 1 N–H and O–H groups in total. The number of aromatic amines is 1. The van der Waals surface area contributed by atoms with Crippen LogP contribution in [-0.4, -0.2) is 4.98 Å². The highest BCUT2D eigenvalue weighted by Gasteiger charge is 2.00. The van der Waals surface area contributed by atoms with Crippen LogP contribution in [0.2, 0.25) is 0 Å². The highest BCUT2D eigenvalue weighted by atomic mass is 14.7. The molecule has 0 bridgehead atoms. The normalized spacial score (nSPS) is 12.8. The Morgan fingerprint density at radius 2 is 2.17 bits per heavy atom. The summed E-state index contributed by atoms with van der Waals surface area (Å²) in [6.45, 7) is 6.19. The van der Waals surface area contributed by atoms with Gasteiger partial charge in [0.15, 0.2) is 0 Å². The summed E-state index contributed by atoms with van der Waals surface area (Å²) in [5, 5.41) is 0. The summed E-state index contributed by atoms with van der Waals surface area (Å²) in [6.07, 6.45) is 8.24. The minimum atomic E-state index is 1.22. The summed E-state index contributed by atoms with van der Waals surface area (Å²) in [4.78, 5) is 3.22. The van der Waals surface area contributed by atoms with Crippen molar-refractivity contribution in [2.24, 2.45) is 0 Å². The number of nitrogens with one attached hydrogen (secondary N) is 1. The van der Waals surface area contributed by atoms with E-state index in [1.165, 1.54) is 16.8 Å². The van der Waals surface area contributed by atoms with Gasteiger partial charge in [0.05, 0.1) is 0 Å². The molecule has 12 heavy (non-hydrogen) atoms. The molecule has 0 saturated carbocycles. The van der Waals surface area contributed by atoms with Crippen molar-refractivity contribution < 1.29 is 0 Å². The lowest BCUT2D eigenvalue weighted by Gasteiger charge is -1.98. The fourth-order valence-corrected chi connectivity index (χ4v) is 1.19. The Kier molecular flexibility index (Phi) is 2.92. The molecular formula is C11H15N. The maximum atomic E-state index is 3.22. The van der Waals surface area contributed by atoms with Crippen molar-refractivity contribution >= 4 is 11.6 Å². The molecule has 0 unspecified atom stereocenters. The molecule has 0 saturated heterocycles. The van der Waals surface area contributed by atoms with Gasteiger partial charge >= 0.3 is 0 Å². The van der Waals surface area contributed by atoms with Crippen LogP contribution in [0, 0.1) is 0 Å². The van der Waals surface area contributed by atoms with Gasteiger partial charge in [-0.3, -0.25) is 0 Å². The summed E-state index contributed by atoms with van der Waals surface area (Å²) in [6, 6.07) is 2.09. The Hall–Kier alpha value is -1.24. The second-order valence-corrected chi connectivity index (χ2v) is 2.78. The highest BCUT2D eigenvalue weighted by molar-refractivity contribution is 5.70. The number of hydrogen-bond donors (Lipinski definition) is 1. The van der Waals surface area contributed by atoms with E-state index in [0.29, 0.717) is 0 Å². The first-order chi connectivity index (χ1) is 5.79. The summed E-state index contributed by atoms with van der Waals surface area (Å²) in [5.74, 6) is 0. The van der Waals surface area contributed by atoms with Crippen LogP contribution in [0.5, 0.6) is 0 Å². The van der Waals surface area contributed by atoms with E-state index >= 15 is 0 Å². The van der Waals surface area contributed by atoms with E-state index in [-0.39, 0.29) is 0 Å². The molecule has 1 aromatic heterocycles. The van der Waals surface area contributed by atoms with Crippen LogP contribution in [0.1, 0.15) is 32.0 Å². The lowest BCUT2D eigenvalue weighted by Crippen LogP contribution is -1.81. The van der Waals surface area contributed by atoms with E-state index in [2.05, 4.69) is 43.1 Å². The summed E-state index contributed by atoms with van der Waals surface area (Å²) >= 11 is 0. The molecule has 0 aliphatic carbocycles. The second-order valence-electron chi connectivity index (χ2n) is 2.78. The van der Waals surface area contributed by atoms with Crippen molar-refractivity contribution in [1.82, 2.24) is 4.98 Å². The first-order valence-electron chi connectivity index (χ1n) is 4.23. The molecule has 0 radical (unpaired) electrons. The van der Waals surface area contributed by atoms with Gasteiger partial charge in [0.2, 0.25) is 0 Å². The van der Waals surface area contributed by atoms with Gasteiger partial charge in [0.25, 0.3) is 0 Å². The van der Waals surface area contributed by atoms with Crippen LogP contribution in [0.15, 0.2) is 24.4 Å². The minimum Gasteiger partial charge on any atom is -0.361 e. The van der Waals surface area contributed by atoms with Crippen molar-refractivity contribution in [2.45, 2.75) is 20.8 Å². The third-order valence-electron chi connectivity index (χ3n) is 1.95. The van der Waals surface area contributed by atoms with Gasteiger partial charge in [-0.2, -0.15) is 0 Å². The first-order valence-corrected chi connectivity index (χ1v) is 4.23. The van der Waals surface area contributed by atoms with Crippen molar-refractivity contribution in [3.05, 3.63) is 35.7 Å². The standard InChI is InChI=1S/C11H15N/c1-4-6-10-7-8-12-11(10)9(3)5-2/h4-8,12H,1-3H3/b6-4-,9-5-. The topological polar surface area (TPSA) is 15.8 Å². The average Bonchev–Trinajstić information content (AvgIpc) is 2.52. The molecule has 64 valence electrons. The third-order valence-corrected chi connectivity index (χ3v) is 1.95. The average molecular weight is 161 g/mol. The zero-order valence-electron chi connectivity index (χ0n) is 7.89. The largest absolute Gasteiger partial charge is 0.361 e. The second kappa shape index (κ2) is 3.96. The number of H-pyrrole nitrogens is 1. The first kappa shape index (κ1) is 8.85. The Morgan fingerprint density at radius 3 is 2.75 bits per heavy atom. The van der Waals surface area contributed by atoms with Crippen LogP contribution in [0.4, 0.5) is 0 Å². The molecule has 1 heteroatoms. The van der Waals surface area contributed by atoms with E-state index in [1.807, 2.05) is 13.1 Å². The highest BCUT2D eigenvalue weighted by Crippen LogP contribution is 2.17. The van der Waals surface area contributed by atoms with Crippen LogP contribution in [0.3, 0.4) is 0 Å². The maximum absolute atomic E-state index is 3.22. The van der Waals surface area contributed by atoms with Gasteiger partial charge < -0.3 is 4.98 Å². The molecule has 0 fully saturated rings. The molecule has 0 aliphatic rings. The SMILES string of the molecule is C/C=C\c1cc[nH]c1/C(C)=C\C. The van der Waals surface area contributed by atoms with E-state index in [1.54, 1.807) is 0 Å². The number of rotatable bonds is 2. The Morgan fingerprint density at radius 1 is 1.42 bits per heavy atom. The van der Waals surface area contributed by atoms with Gasteiger partial charge in [-0.1, -0.05) is 18.2 Å². The van der Waals surface area contributed by atoms with Gasteiger partial charge in [0, 0.05) is 11.9 Å². The summed E-state index contributed by atoms with van der Waals surface area (Å²) < 4.78 is 0. The molecule has 0 spiro atoms. The van der Waals surface area contributed by atoms with Crippen LogP contribution >= 0.6 is 0 Å². The van der Waals surface area contributed by atoms with Crippen LogP contribution < -0.4 is 0 Å². The molecule has 1 nitrogen and oxygen atoms in total. The molecule has 1 heterocycles. The van der Waals surface area contributed by atoms with Crippen molar-refractivity contribution in [1.29, 1.82) is 0 Å². The number of hydrogen-bond acceptors (Lipinski definition) is 0. The predicted molar refractivity (Wildman–Crippen MR) is 54.8 cm³/mol. The fraction of sp³-hybridized carbons (Fsp3) is 0.273. The van der Waals surface area contributed by atoms with E-state index in [9.17, 15) is 0 Å². The molecule has 0 aliphatic heterocycles. The predicted octanol–water partition coefficient (Wildman–Crippen LogP) is 3.47. The summed E-state index contributed by atoms with van der Waals surface area (Å²) in [5.41, 5.74) is 3.76. The van der Waals surface area contributed by atoms with Crippen LogP contribution in [0.25, 0.3) is 11.6 Å². The molecule has 0 atom stereocenters. The number of aromatic nitrogens is 1. The zero-order chi connectivity index (χ0) is 8.97. The minimum absolute atomic E-state index is 1.22. The monoisotopic (exact) mass is 161 g/mol. The Bertz CT molecular complexity index is 303.